The molecule has 0 aromatic carbocycles. The molecule has 2 nitrogen and oxygen atoms in total. The first kappa shape index (κ1) is 12.2. The van der Waals surface area contributed by atoms with Gasteiger partial charge in [-0.25, -0.2) is 0 Å². The van der Waals surface area contributed by atoms with Gasteiger partial charge in [-0.05, 0) is 51.7 Å². The van der Waals surface area contributed by atoms with Crippen LogP contribution in [0.4, 0.5) is 0 Å². The molecule has 0 spiro atoms. The van der Waals surface area contributed by atoms with Crippen molar-refractivity contribution in [2.24, 2.45) is 0 Å². The van der Waals surface area contributed by atoms with Crippen LogP contribution in [-0.4, -0.2) is 22.5 Å². The van der Waals surface area contributed by atoms with E-state index < -0.39 is 0 Å². The Morgan fingerprint density at radius 2 is 2.00 bits per heavy atom. The Morgan fingerprint density at radius 3 is 2.42 bits per heavy atom. The molecule has 72 valence electrons. The summed E-state index contributed by atoms with van der Waals surface area (Å²) in [6.45, 7) is 8.54. The van der Waals surface area contributed by atoms with Crippen LogP contribution >= 0.6 is 24.0 Å². The summed E-state index contributed by atoms with van der Waals surface area (Å²) in [5.74, 6) is 0. The third-order valence-electron chi connectivity index (χ3n) is 0.995. The molecule has 0 fully saturated rings. The van der Waals surface area contributed by atoms with Gasteiger partial charge in [0.05, 0.1) is 6.10 Å². The van der Waals surface area contributed by atoms with Crippen molar-refractivity contribution in [2.75, 3.05) is 6.61 Å². The zero-order valence-electron chi connectivity index (χ0n) is 7.99. The summed E-state index contributed by atoms with van der Waals surface area (Å²) >= 11 is 6.42. The first-order chi connectivity index (χ1) is 5.56. The SMILES string of the molecule is CCOC(C)SC(=S)OC(C)C. The monoisotopic (exact) mass is 208 g/mol. The fourth-order valence-corrected chi connectivity index (χ4v) is 1.95. The van der Waals surface area contributed by atoms with E-state index in [9.17, 15) is 0 Å². The van der Waals surface area contributed by atoms with Crippen molar-refractivity contribution in [3.05, 3.63) is 0 Å². The summed E-state index contributed by atoms with van der Waals surface area (Å²) in [6, 6.07) is 0. The highest BCUT2D eigenvalue weighted by Crippen LogP contribution is 2.15. The number of thioether (sulfide) groups is 1. The second-order valence-corrected chi connectivity index (χ2v) is 4.46. The minimum absolute atomic E-state index is 0.0845. The molecule has 0 heterocycles. The maximum Gasteiger partial charge on any atom is 0.222 e. The van der Waals surface area contributed by atoms with E-state index in [0.29, 0.717) is 11.0 Å². The normalized spacial score (nSPS) is 13.1. The van der Waals surface area contributed by atoms with Gasteiger partial charge < -0.3 is 9.47 Å². The van der Waals surface area contributed by atoms with Gasteiger partial charge >= 0.3 is 0 Å². The molecule has 0 aromatic rings. The van der Waals surface area contributed by atoms with Crippen molar-refractivity contribution < 1.29 is 9.47 Å². The second-order valence-electron chi connectivity index (χ2n) is 2.56. The lowest BCUT2D eigenvalue weighted by Crippen LogP contribution is -2.11. The van der Waals surface area contributed by atoms with Crippen molar-refractivity contribution in [3.8, 4) is 0 Å². The number of hydrogen-bond donors (Lipinski definition) is 0. The maximum absolute atomic E-state index is 5.29. The molecular formula is C8H16O2S2. The van der Waals surface area contributed by atoms with Crippen LogP contribution in [0.25, 0.3) is 0 Å². The molecule has 0 aromatic heterocycles. The molecule has 4 heteroatoms. The zero-order valence-corrected chi connectivity index (χ0v) is 9.63. The molecule has 0 saturated heterocycles. The highest BCUT2D eigenvalue weighted by molar-refractivity contribution is 8.22. The van der Waals surface area contributed by atoms with Gasteiger partial charge in [0.2, 0.25) is 4.38 Å². The summed E-state index contributed by atoms with van der Waals surface area (Å²) in [5.41, 5.74) is 0.0845. The zero-order chi connectivity index (χ0) is 9.56. The summed E-state index contributed by atoms with van der Waals surface area (Å²) in [6.07, 6.45) is 0.152. The van der Waals surface area contributed by atoms with Crippen molar-refractivity contribution in [1.82, 2.24) is 0 Å². The van der Waals surface area contributed by atoms with Gasteiger partial charge in [0.15, 0.2) is 0 Å². The number of hydrogen-bond acceptors (Lipinski definition) is 4. The van der Waals surface area contributed by atoms with E-state index in [1.807, 2.05) is 27.7 Å². The molecule has 12 heavy (non-hydrogen) atoms. The Balaban J connectivity index is 3.54. The van der Waals surface area contributed by atoms with Crippen LogP contribution in [0, 0.1) is 0 Å². The maximum atomic E-state index is 5.29. The summed E-state index contributed by atoms with van der Waals surface area (Å²) in [7, 11) is 0. The van der Waals surface area contributed by atoms with E-state index in [4.69, 9.17) is 21.7 Å². The van der Waals surface area contributed by atoms with Gasteiger partial charge in [-0.15, -0.1) is 0 Å². The van der Waals surface area contributed by atoms with Gasteiger partial charge in [0, 0.05) is 6.61 Å². The molecule has 0 bridgehead atoms. The average Bonchev–Trinajstić information content (AvgIpc) is 1.84. The topological polar surface area (TPSA) is 18.5 Å². The van der Waals surface area contributed by atoms with Crippen LogP contribution in [0.1, 0.15) is 27.7 Å². The number of ether oxygens (including phenoxy) is 2. The molecule has 0 radical (unpaired) electrons. The van der Waals surface area contributed by atoms with Crippen molar-refractivity contribution in [1.29, 1.82) is 0 Å². The van der Waals surface area contributed by atoms with Crippen molar-refractivity contribution in [3.63, 3.8) is 0 Å². The van der Waals surface area contributed by atoms with Gasteiger partial charge in [-0.3, -0.25) is 0 Å². The molecule has 0 rings (SSSR count). The molecular weight excluding hydrogens is 192 g/mol. The molecule has 0 aliphatic rings. The Bertz CT molecular complexity index is 137. The third kappa shape index (κ3) is 6.88. The highest BCUT2D eigenvalue weighted by atomic mass is 32.2. The largest absolute Gasteiger partial charge is 0.476 e. The molecule has 0 N–H and O–H groups in total. The third-order valence-corrected chi connectivity index (χ3v) is 2.14. The van der Waals surface area contributed by atoms with Crippen LogP contribution in [0.2, 0.25) is 0 Å². The average molecular weight is 208 g/mol. The minimum atomic E-state index is 0.0845. The Hall–Kier alpha value is 0.200. The second kappa shape index (κ2) is 6.69. The van der Waals surface area contributed by atoms with Crippen LogP contribution < -0.4 is 0 Å². The summed E-state index contributed by atoms with van der Waals surface area (Å²) < 4.78 is 11.1. The van der Waals surface area contributed by atoms with Crippen LogP contribution in [0.5, 0.6) is 0 Å². The summed E-state index contributed by atoms with van der Waals surface area (Å²) in [4.78, 5) is 0. The number of thiocarbonyl (C=S) groups is 1. The standard InChI is InChI=1S/C8H16O2S2/c1-5-9-7(4)12-8(11)10-6(2)3/h6-7H,5H2,1-4H3. The Morgan fingerprint density at radius 1 is 1.42 bits per heavy atom. The molecule has 0 aliphatic heterocycles. The van der Waals surface area contributed by atoms with E-state index in [-0.39, 0.29) is 11.5 Å². The van der Waals surface area contributed by atoms with Gasteiger partial charge in [-0.1, -0.05) is 0 Å². The van der Waals surface area contributed by atoms with E-state index in [1.54, 1.807) is 0 Å². The van der Waals surface area contributed by atoms with Crippen molar-refractivity contribution in [2.45, 2.75) is 39.2 Å². The molecule has 0 amide bonds. The van der Waals surface area contributed by atoms with Crippen molar-refractivity contribution >= 4 is 28.4 Å². The van der Waals surface area contributed by atoms with Gasteiger partial charge in [0.25, 0.3) is 0 Å². The fourth-order valence-electron chi connectivity index (χ4n) is 0.624. The van der Waals surface area contributed by atoms with Crippen LogP contribution in [0.15, 0.2) is 0 Å². The first-order valence-electron chi connectivity index (χ1n) is 4.05. The molecule has 1 unspecified atom stereocenters. The quantitative estimate of drug-likeness (QED) is 0.522. The van der Waals surface area contributed by atoms with Crippen LogP contribution in [-0.2, 0) is 9.47 Å². The van der Waals surface area contributed by atoms with Gasteiger partial charge in [0.1, 0.15) is 5.44 Å². The molecule has 1 atom stereocenters. The predicted octanol–water partition coefficient (Wildman–Crippen LogP) is 2.81. The fraction of sp³-hybridized carbons (Fsp3) is 0.875. The lowest BCUT2D eigenvalue weighted by molar-refractivity contribution is 0.137. The van der Waals surface area contributed by atoms with E-state index >= 15 is 0 Å². The molecule has 0 saturated carbocycles. The predicted molar refractivity (Wildman–Crippen MR) is 57.5 cm³/mol. The van der Waals surface area contributed by atoms with E-state index in [2.05, 4.69) is 0 Å². The first-order valence-corrected chi connectivity index (χ1v) is 5.34. The number of rotatable bonds is 4. The van der Waals surface area contributed by atoms with E-state index in [1.165, 1.54) is 11.8 Å². The van der Waals surface area contributed by atoms with E-state index in [0.717, 1.165) is 0 Å². The van der Waals surface area contributed by atoms with Crippen LogP contribution in [0.3, 0.4) is 0 Å². The summed E-state index contributed by atoms with van der Waals surface area (Å²) in [5, 5.41) is 0. The smallest absolute Gasteiger partial charge is 0.222 e. The minimum Gasteiger partial charge on any atom is -0.476 e. The lowest BCUT2D eigenvalue weighted by atomic mass is 10.5. The lowest BCUT2D eigenvalue weighted by Gasteiger charge is -2.14. The molecule has 0 aliphatic carbocycles. The van der Waals surface area contributed by atoms with Gasteiger partial charge in [-0.2, -0.15) is 0 Å². The Kier molecular flexibility index (Phi) is 6.80. The Labute approximate surface area is 84.0 Å². The highest BCUT2D eigenvalue weighted by Gasteiger charge is 2.07.